The number of aliphatic hydroxyl groups excluding tert-OH is 1. The van der Waals surface area contributed by atoms with Crippen molar-refractivity contribution >= 4 is 5.69 Å². The fraction of sp³-hybridized carbons (Fsp3) is 0.333. The van der Waals surface area contributed by atoms with Gasteiger partial charge in [0.05, 0.1) is 6.61 Å². The Morgan fingerprint density at radius 1 is 1.27 bits per heavy atom. The van der Waals surface area contributed by atoms with Gasteiger partial charge in [-0.15, -0.1) is 0 Å². The molecular formula is C9H13NO. The van der Waals surface area contributed by atoms with Gasteiger partial charge in [-0.1, -0.05) is 12.1 Å². The van der Waals surface area contributed by atoms with Gasteiger partial charge in [0, 0.05) is 12.2 Å². The van der Waals surface area contributed by atoms with Crippen molar-refractivity contribution in [3.63, 3.8) is 0 Å². The van der Waals surface area contributed by atoms with Crippen LogP contribution < -0.4 is 5.32 Å². The Hall–Kier alpha value is -1.02. The number of hydrogen-bond acceptors (Lipinski definition) is 2. The van der Waals surface area contributed by atoms with Gasteiger partial charge in [-0.05, 0) is 24.6 Å². The van der Waals surface area contributed by atoms with E-state index >= 15 is 0 Å². The zero-order valence-electron chi connectivity index (χ0n) is 6.67. The van der Waals surface area contributed by atoms with Crippen LogP contribution in [-0.4, -0.2) is 11.7 Å². The Morgan fingerprint density at radius 2 is 1.91 bits per heavy atom. The summed E-state index contributed by atoms with van der Waals surface area (Å²) >= 11 is 0. The molecule has 0 atom stereocenters. The lowest BCUT2D eigenvalue weighted by Crippen LogP contribution is -1.95. The first-order valence-electron chi connectivity index (χ1n) is 3.80. The minimum Gasteiger partial charge on any atom is -0.392 e. The summed E-state index contributed by atoms with van der Waals surface area (Å²) in [5.74, 6) is 0. The first-order chi connectivity index (χ1) is 5.36. The third kappa shape index (κ3) is 2.24. The normalized spacial score (nSPS) is 9.64. The maximum absolute atomic E-state index is 8.74. The van der Waals surface area contributed by atoms with E-state index in [-0.39, 0.29) is 6.61 Å². The smallest absolute Gasteiger partial charge is 0.0681 e. The summed E-state index contributed by atoms with van der Waals surface area (Å²) in [6.07, 6.45) is 0. The molecule has 0 bridgehead atoms. The molecule has 60 valence electrons. The minimum atomic E-state index is 0.117. The molecule has 0 unspecified atom stereocenters. The van der Waals surface area contributed by atoms with E-state index in [9.17, 15) is 0 Å². The van der Waals surface area contributed by atoms with Gasteiger partial charge < -0.3 is 10.4 Å². The van der Waals surface area contributed by atoms with Crippen LogP contribution >= 0.6 is 0 Å². The predicted octanol–water partition coefficient (Wildman–Crippen LogP) is 1.61. The first kappa shape index (κ1) is 8.08. The highest BCUT2D eigenvalue weighted by Gasteiger charge is 1.89. The van der Waals surface area contributed by atoms with Crippen molar-refractivity contribution in [3.05, 3.63) is 29.8 Å². The fourth-order valence-corrected chi connectivity index (χ4v) is 0.932. The van der Waals surface area contributed by atoms with E-state index in [4.69, 9.17) is 5.11 Å². The van der Waals surface area contributed by atoms with E-state index in [2.05, 4.69) is 12.2 Å². The molecule has 11 heavy (non-hydrogen) atoms. The van der Waals surface area contributed by atoms with Crippen LogP contribution in [0.3, 0.4) is 0 Å². The number of hydrogen-bond donors (Lipinski definition) is 2. The van der Waals surface area contributed by atoms with Crippen LogP contribution in [0.15, 0.2) is 24.3 Å². The van der Waals surface area contributed by atoms with Crippen LogP contribution in [0.25, 0.3) is 0 Å². The largest absolute Gasteiger partial charge is 0.392 e. The number of anilines is 1. The topological polar surface area (TPSA) is 32.3 Å². The van der Waals surface area contributed by atoms with Gasteiger partial charge in [0.25, 0.3) is 0 Å². The summed E-state index contributed by atoms with van der Waals surface area (Å²) in [4.78, 5) is 0. The average molecular weight is 151 g/mol. The number of benzene rings is 1. The van der Waals surface area contributed by atoms with Gasteiger partial charge in [-0.3, -0.25) is 0 Å². The molecule has 1 aromatic carbocycles. The monoisotopic (exact) mass is 151 g/mol. The summed E-state index contributed by atoms with van der Waals surface area (Å²) < 4.78 is 0. The summed E-state index contributed by atoms with van der Waals surface area (Å²) in [5, 5.41) is 11.9. The Labute approximate surface area is 66.9 Å². The van der Waals surface area contributed by atoms with Crippen molar-refractivity contribution in [3.8, 4) is 0 Å². The number of aliphatic hydroxyl groups is 1. The van der Waals surface area contributed by atoms with Gasteiger partial charge in [0.15, 0.2) is 0 Å². The second-order valence-electron chi connectivity index (χ2n) is 2.39. The predicted molar refractivity (Wildman–Crippen MR) is 46.5 cm³/mol. The lowest BCUT2D eigenvalue weighted by atomic mass is 10.2. The zero-order valence-corrected chi connectivity index (χ0v) is 6.67. The zero-order chi connectivity index (χ0) is 8.10. The summed E-state index contributed by atoms with van der Waals surface area (Å²) in [6.45, 7) is 3.10. The fourth-order valence-electron chi connectivity index (χ4n) is 0.932. The third-order valence-corrected chi connectivity index (χ3v) is 1.52. The van der Waals surface area contributed by atoms with E-state index in [0.717, 1.165) is 17.8 Å². The van der Waals surface area contributed by atoms with E-state index < -0.39 is 0 Å². The van der Waals surface area contributed by atoms with Crippen molar-refractivity contribution in [2.24, 2.45) is 0 Å². The highest BCUT2D eigenvalue weighted by atomic mass is 16.3. The standard InChI is InChI=1S/C9H13NO/c1-2-10-9-5-3-8(7-11)4-6-9/h3-6,10-11H,2,7H2,1H3. The molecule has 0 spiro atoms. The SMILES string of the molecule is CCNc1ccc(CO)cc1. The van der Waals surface area contributed by atoms with Crippen LogP contribution in [0.4, 0.5) is 5.69 Å². The molecule has 2 heteroatoms. The lowest BCUT2D eigenvalue weighted by molar-refractivity contribution is 0.282. The second kappa shape index (κ2) is 3.98. The van der Waals surface area contributed by atoms with E-state index in [1.807, 2.05) is 24.3 Å². The molecule has 0 fully saturated rings. The second-order valence-corrected chi connectivity index (χ2v) is 2.39. The summed E-state index contributed by atoms with van der Waals surface area (Å²) in [7, 11) is 0. The minimum absolute atomic E-state index is 0.117. The van der Waals surface area contributed by atoms with Gasteiger partial charge in [-0.2, -0.15) is 0 Å². The lowest BCUT2D eigenvalue weighted by Gasteiger charge is -2.02. The number of rotatable bonds is 3. The van der Waals surface area contributed by atoms with E-state index in [1.165, 1.54) is 0 Å². The van der Waals surface area contributed by atoms with Crippen LogP contribution in [0.2, 0.25) is 0 Å². The van der Waals surface area contributed by atoms with Crippen LogP contribution in [0, 0.1) is 0 Å². The van der Waals surface area contributed by atoms with Crippen LogP contribution in [0.1, 0.15) is 12.5 Å². The number of nitrogens with one attached hydrogen (secondary N) is 1. The molecule has 0 aliphatic rings. The molecule has 0 aliphatic carbocycles. The molecule has 2 nitrogen and oxygen atoms in total. The Balaban J connectivity index is 2.66. The van der Waals surface area contributed by atoms with Crippen molar-refractivity contribution < 1.29 is 5.11 Å². The van der Waals surface area contributed by atoms with Crippen LogP contribution in [-0.2, 0) is 6.61 Å². The van der Waals surface area contributed by atoms with Gasteiger partial charge in [0.2, 0.25) is 0 Å². The average Bonchev–Trinajstić information content (AvgIpc) is 2.07. The van der Waals surface area contributed by atoms with Gasteiger partial charge in [-0.25, -0.2) is 0 Å². The molecule has 1 aromatic rings. The molecule has 1 rings (SSSR count). The van der Waals surface area contributed by atoms with E-state index in [1.54, 1.807) is 0 Å². The molecule has 0 heterocycles. The summed E-state index contributed by atoms with van der Waals surface area (Å²) in [6, 6.07) is 7.76. The molecule has 0 aromatic heterocycles. The van der Waals surface area contributed by atoms with Crippen molar-refractivity contribution in [2.45, 2.75) is 13.5 Å². The highest BCUT2D eigenvalue weighted by Crippen LogP contribution is 2.08. The van der Waals surface area contributed by atoms with Gasteiger partial charge >= 0.3 is 0 Å². The Bertz CT molecular complexity index is 205. The van der Waals surface area contributed by atoms with Crippen LogP contribution in [0.5, 0.6) is 0 Å². The molecule has 0 saturated heterocycles. The molecule has 0 amide bonds. The van der Waals surface area contributed by atoms with Crippen molar-refractivity contribution in [2.75, 3.05) is 11.9 Å². The van der Waals surface area contributed by atoms with Gasteiger partial charge in [0.1, 0.15) is 0 Å². The molecule has 0 saturated carbocycles. The Kier molecular flexibility index (Phi) is 2.93. The quantitative estimate of drug-likeness (QED) is 0.688. The highest BCUT2D eigenvalue weighted by molar-refractivity contribution is 5.44. The molecule has 2 N–H and O–H groups in total. The van der Waals surface area contributed by atoms with Crippen molar-refractivity contribution in [1.82, 2.24) is 0 Å². The maximum Gasteiger partial charge on any atom is 0.0681 e. The molecular weight excluding hydrogens is 138 g/mol. The van der Waals surface area contributed by atoms with Crippen molar-refractivity contribution in [1.29, 1.82) is 0 Å². The summed E-state index contributed by atoms with van der Waals surface area (Å²) in [5.41, 5.74) is 2.05. The Morgan fingerprint density at radius 3 is 2.36 bits per heavy atom. The first-order valence-corrected chi connectivity index (χ1v) is 3.80. The molecule has 0 radical (unpaired) electrons. The third-order valence-electron chi connectivity index (χ3n) is 1.52. The molecule has 0 aliphatic heterocycles. The van der Waals surface area contributed by atoms with E-state index in [0.29, 0.717) is 0 Å². The maximum atomic E-state index is 8.74.